The van der Waals surface area contributed by atoms with Crippen LogP contribution in [-0.4, -0.2) is 10.8 Å². The number of anilines is 2. The lowest BCUT2D eigenvalue weighted by atomic mass is 9.77. The van der Waals surface area contributed by atoms with Crippen molar-refractivity contribution < 1.29 is 4.79 Å². The van der Waals surface area contributed by atoms with Crippen LogP contribution in [0.3, 0.4) is 0 Å². The van der Waals surface area contributed by atoms with Crippen LogP contribution in [0.2, 0.25) is 0 Å². The second-order valence-electron chi connectivity index (χ2n) is 7.90. The van der Waals surface area contributed by atoms with Gasteiger partial charge in [0.1, 0.15) is 16.2 Å². The van der Waals surface area contributed by atoms with E-state index in [4.69, 9.17) is 5.73 Å². The molecule has 0 atom stereocenters. The highest BCUT2D eigenvalue weighted by molar-refractivity contribution is 7.18. The van der Waals surface area contributed by atoms with E-state index in [9.17, 15) is 4.79 Å². The maximum absolute atomic E-state index is 13.1. The van der Waals surface area contributed by atoms with Crippen LogP contribution in [0.25, 0.3) is 0 Å². The fourth-order valence-corrected chi connectivity index (χ4v) is 5.11. The minimum atomic E-state index is -0.735. The molecule has 5 heteroatoms. The Morgan fingerprint density at radius 2 is 1.09 bits per heavy atom. The van der Waals surface area contributed by atoms with Gasteiger partial charge in [-0.1, -0.05) is 133 Å². The van der Waals surface area contributed by atoms with Crippen LogP contribution in [0.1, 0.15) is 31.9 Å². The van der Waals surface area contributed by atoms with E-state index < -0.39 is 5.54 Å². The molecule has 4 nitrogen and oxygen atoms in total. The van der Waals surface area contributed by atoms with Crippen molar-refractivity contribution in [2.45, 2.75) is 5.54 Å². The number of benzene rings is 4. The third kappa shape index (κ3) is 3.98. The molecule has 1 aromatic heterocycles. The van der Waals surface area contributed by atoms with Gasteiger partial charge >= 0.3 is 0 Å². The Morgan fingerprint density at radius 1 is 0.676 bits per heavy atom. The Bertz CT molecular complexity index is 1290. The molecule has 0 aliphatic rings. The predicted octanol–water partition coefficient (Wildman–Crippen LogP) is 6.36. The highest BCUT2D eigenvalue weighted by Crippen LogP contribution is 2.41. The fraction of sp³-hybridized carbons (Fsp3) is 0.0345. The molecule has 0 saturated carbocycles. The molecule has 0 aliphatic heterocycles. The molecule has 34 heavy (non-hydrogen) atoms. The predicted molar refractivity (Wildman–Crippen MR) is 139 cm³/mol. The summed E-state index contributed by atoms with van der Waals surface area (Å²) in [6.07, 6.45) is 0. The normalized spacial score (nSPS) is 11.2. The van der Waals surface area contributed by atoms with E-state index in [1.807, 2.05) is 72.8 Å². The first kappa shape index (κ1) is 21.6. The summed E-state index contributed by atoms with van der Waals surface area (Å²) in [7, 11) is 0. The molecule has 0 unspecified atom stereocenters. The number of nitrogen functional groups attached to an aromatic ring is 1. The molecular weight excluding hydrogens is 438 g/mol. The van der Waals surface area contributed by atoms with Gasteiger partial charge in [-0.05, 0) is 16.7 Å². The Labute approximate surface area is 202 Å². The fourth-order valence-electron chi connectivity index (χ4n) is 4.21. The van der Waals surface area contributed by atoms with E-state index in [0.717, 1.165) is 16.7 Å². The number of ketones is 1. The van der Waals surface area contributed by atoms with Gasteiger partial charge in [0.25, 0.3) is 0 Å². The lowest BCUT2D eigenvalue weighted by Crippen LogP contribution is -2.38. The van der Waals surface area contributed by atoms with Gasteiger partial charge in [-0.25, -0.2) is 4.98 Å². The second kappa shape index (κ2) is 9.33. The molecule has 0 saturated heterocycles. The number of hydrogen-bond donors (Lipinski definition) is 2. The van der Waals surface area contributed by atoms with E-state index >= 15 is 0 Å². The molecule has 4 aromatic carbocycles. The molecule has 3 N–H and O–H groups in total. The van der Waals surface area contributed by atoms with Gasteiger partial charge < -0.3 is 11.1 Å². The lowest BCUT2D eigenvalue weighted by molar-refractivity contribution is 0.104. The third-order valence-electron chi connectivity index (χ3n) is 5.81. The van der Waals surface area contributed by atoms with Crippen LogP contribution in [-0.2, 0) is 5.54 Å². The summed E-state index contributed by atoms with van der Waals surface area (Å²) in [6.45, 7) is 0. The quantitative estimate of drug-likeness (QED) is 0.219. The largest absolute Gasteiger partial charge is 0.382 e. The monoisotopic (exact) mass is 461 g/mol. The summed E-state index contributed by atoms with van der Waals surface area (Å²) >= 11 is 1.28. The highest BCUT2D eigenvalue weighted by Gasteiger charge is 2.37. The number of nitrogens with two attached hydrogens (primary N) is 1. The molecular formula is C29H23N3OS. The van der Waals surface area contributed by atoms with E-state index in [0.29, 0.717) is 15.6 Å². The van der Waals surface area contributed by atoms with Crippen molar-refractivity contribution in [2.75, 3.05) is 11.1 Å². The van der Waals surface area contributed by atoms with Crippen LogP contribution in [0, 0.1) is 0 Å². The van der Waals surface area contributed by atoms with Crippen LogP contribution < -0.4 is 11.1 Å². The summed E-state index contributed by atoms with van der Waals surface area (Å²) in [5.41, 5.74) is 9.26. The highest BCUT2D eigenvalue weighted by atomic mass is 32.1. The zero-order valence-electron chi connectivity index (χ0n) is 18.4. The van der Waals surface area contributed by atoms with Crippen LogP contribution in [0.4, 0.5) is 10.9 Å². The van der Waals surface area contributed by atoms with E-state index in [-0.39, 0.29) is 11.6 Å². The average Bonchev–Trinajstić information content (AvgIpc) is 3.28. The van der Waals surface area contributed by atoms with Gasteiger partial charge in [0, 0.05) is 5.56 Å². The second-order valence-corrected chi connectivity index (χ2v) is 8.90. The Hall–Kier alpha value is -4.22. The molecule has 166 valence electrons. The number of rotatable bonds is 7. The zero-order valence-corrected chi connectivity index (χ0v) is 19.2. The van der Waals surface area contributed by atoms with Gasteiger partial charge in [-0.15, -0.1) is 0 Å². The third-order valence-corrected chi connectivity index (χ3v) is 6.80. The molecule has 0 radical (unpaired) electrons. The summed E-state index contributed by atoms with van der Waals surface area (Å²) in [5.74, 6) is 0.0952. The molecule has 0 amide bonds. The maximum atomic E-state index is 13.1. The molecule has 0 aliphatic carbocycles. The molecule has 0 fully saturated rings. The van der Waals surface area contributed by atoms with E-state index in [1.165, 1.54) is 11.3 Å². The van der Waals surface area contributed by atoms with Crippen molar-refractivity contribution in [1.29, 1.82) is 0 Å². The Kier molecular flexibility index (Phi) is 5.93. The van der Waals surface area contributed by atoms with Crippen LogP contribution in [0.5, 0.6) is 0 Å². The smallest absolute Gasteiger partial charge is 0.206 e. The first-order valence-corrected chi connectivity index (χ1v) is 11.8. The van der Waals surface area contributed by atoms with Crippen molar-refractivity contribution in [3.8, 4) is 0 Å². The van der Waals surface area contributed by atoms with Crippen molar-refractivity contribution >= 4 is 28.1 Å². The summed E-state index contributed by atoms with van der Waals surface area (Å²) in [6, 6.07) is 39.9. The molecule has 0 spiro atoms. The van der Waals surface area contributed by atoms with E-state index in [2.05, 4.69) is 46.7 Å². The van der Waals surface area contributed by atoms with Gasteiger partial charge in [-0.3, -0.25) is 4.79 Å². The minimum absolute atomic E-state index is 0.131. The van der Waals surface area contributed by atoms with Gasteiger partial charge in [-0.2, -0.15) is 0 Å². The molecule has 0 bridgehead atoms. The van der Waals surface area contributed by atoms with Gasteiger partial charge in [0.05, 0.1) is 0 Å². The lowest BCUT2D eigenvalue weighted by Gasteiger charge is -2.36. The number of carbonyl (C=O) groups excluding carboxylic acids is 1. The molecule has 5 aromatic rings. The zero-order chi connectivity index (χ0) is 23.4. The Morgan fingerprint density at radius 3 is 1.53 bits per heavy atom. The maximum Gasteiger partial charge on any atom is 0.206 e. The van der Waals surface area contributed by atoms with Gasteiger partial charge in [0.15, 0.2) is 5.13 Å². The minimum Gasteiger partial charge on any atom is -0.382 e. The number of nitrogens with zero attached hydrogens (tertiary/aromatic N) is 1. The SMILES string of the molecule is Nc1nc(NC(c2ccccc2)(c2ccccc2)c2ccccc2)sc1C(=O)c1ccccc1. The molecule has 5 rings (SSSR count). The average molecular weight is 462 g/mol. The first-order valence-electron chi connectivity index (χ1n) is 11.0. The van der Waals surface area contributed by atoms with E-state index in [1.54, 1.807) is 12.1 Å². The van der Waals surface area contributed by atoms with Gasteiger partial charge in [0.2, 0.25) is 5.78 Å². The molecule has 1 heterocycles. The number of hydrogen-bond acceptors (Lipinski definition) is 5. The standard InChI is InChI=1S/C29H23N3OS/c30-27-26(25(33)21-13-5-1-6-14-21)34-28(31-27)32-29(22-15-7-2-8-16-22,23-17-9-3-10-18-23)24-19-11-4-12-20-24/h1-20H,30H2,(H,31,32). The number of nitrogens with one attached hydrogen (secondary N) is 1. The van der Waals surface area contributed by atoms with Crippen molar-refractivity contribution in [3.05, 3.63) is 148 Å². The first-order chi connectivity index (χ1) is 16.7. The van der Waals surface area contributed by atoms with Crippen LogP contribution in [0.15, 0.2) is 121 Å². The van der Waals surface area contributed by atoms with Crippen molar-refractivity contribution in [3.63, 3.8) is 0 Å². The topological polar surface area (TPSA) is 68.0 Å². The number of aromatic nitrogens is 1. The van der Waals surface area contributed by atoms with Crippen molar-refractivity contribution in [2.24, 2.45) is 0 Å². The summed E-state index contributed by atoms with van der Waals surface area (Å²) in [4.78, 5) is 18.1. The summed E-state index contributed by atoms with van der Waals surface area (Å²) in [5, 5.41) is 4.26. The number of thiazole rings is 1. The van der Waals surface area contributed by atoms with Crippen LogP contribution >= 0.6 is 11.3 Å². The number of carbonyl (C=O) groups is 1. The Balaban J connectivity index is 1.67. The summed E-state index contributed by atoms with van der Waals surface area (Å²) < 4.78 is 0. The van der Waals surface area contributed by atoms with Crippen molar-refractivity contribution in [1.82, 2.24) is 4.98 Å².